The molecule has 0 bridgehead atoms. The Labute approximate surface area is 196 Å². The summed E-state index contributed by atoms with van der Waals surface area (Å²) in [7, 11) is 0. The van der Waals surface area contributed by atoms with Gasteiger partial charge in [0.05, 0.1) is 0 Å². The van der Waals surface area contributed by atoms with Crippen molar-refractivity contribution in [2.24, 2.45) is 5.41 Å². The van der Waals surface area contributed by atoms with Gasteiger partial charge in [-0.1, -0.05) is 120 Å². The van der Waals surface area contributed by atoms with Crippen molar-refractivity contribution in [3.8, 4) is 0 Å². The topological polar surface area (TPSA) is 0 Å². The van der Waals surface area contributed by atoms with Gasteiger partial charge in [-0.2, -0.15) is 0 Å². The van der Waals surface area contributed by atoms with E-state index in [1.807, 2.05) is 0 Å². The molecule has 0 saturated heterocycles. The maximum absolute atomic E-state index is 2.44. The predicted octanol–water partition coefficient (Wildman–Crippen LogP) is 8.18. The van der Waals surface area contributed by atoms with E-state index in [1.165, 1.54) is 55.7 Å². The van der Waals surface area contributed by atoms with Gasteiger partial charge in [-0.15, -0.1) is 0 Å². The van der Waals surface area contributed by atoms with Crippen LogP contribution in [-0.4, -0.2) is 0 Å². The number of fused-ring (bicyclic) bond motifs is 2. The maximum Gasteiger partial charge on any atom is 0.0296 e. The lowest BCUT2D eigenvalue weighted by Crippen LogP contribution is -2.20. The monoisotopic (exact) mass is 424 g/mol. The van der Waals surface area contributed by atoms with E-state index >= 15 is 0 Å². The predicted molar refractivity (Wildman–Crippen MR) is 141 cm³/mol. The van der Waals surface area contributed by atoms with E-state index in [9.17, 15) is 0 Å². The zero-order chi connectivity index (χ0) is 22.4. The standard InChI is InChI=1S/C33H28/c1-23-13-15-29-27(17-23)21-33(31(29)19-25-9-5-3-6-10-25)22-28-18-24(2)14-16-30(28)32(33)20-26-11-7-4-8-12-26/h3-20H,21-22H2,1-2H3/b31-19+,32-20+. The summed E-state index contributed by atoms with van der Waals surface area (Å²) in [5.41, 5.74) is 13.9. The zero-order valence-electron chi connectivity index (χ0n) is 19.3. The minimum Gasteiger partial charge on any atom is -0.0622 e. The van der Waals surface area contributed by atoms with Crippen LogP contribution in [0.4, 0.5) is 0 Å². The molecular weight excluding hydrogens is 396 g/mol. The van der Waals surface area contributed by atoms with Gasteiger partial charge in [-0.3, -0.25) is 0 Å². The molecule has 6 rings (SSSR count). The highest BCUT2D eigenvalue weighted by Crippen LogP contribution is 2.61. The lowest BCUT2D eigenvalue weighted by Gasteiger charge is -2.29. The van der Waals surface area contributed by atoms with Crippen LogP contribution in [0.1, 0.15) is 44.5 Å². The molecule has 0 N–H and O–H groups in total. The largest absolute Gasteiger partial charge is 0.0622 e. The smallest absolute Gasteiger partial charge is 0.0296 e. The van der Waals surface area contributed by atoms with Crippen LogP contribution in [0, 0.1) is 19.3 Å². The van der Waals surface area contributed by atoms with Crippen LogP contribution >= 0.6 is 0 Å². The summed E-state index contributed by atoms with van der Waals surface area (Å²) in [6.45, 7) is 4.42. The van der Waals surface area contributed by atoms with Crippen molar-refractivity contribution in [1.82, 2.24) is 0 Å². The van der Waals surface area contributed by atoms with Crippen molar-refractivity contribution >= 4 is 23.3 Å². The minimum atomic E-state index is -0.0437. The molecule has 4 aromatic rings. The molecule has 0 heteroatoms. The van der Waals surface area contributed by atoms with Gasteiger partial charge in [0.25, 0.3) is 0 Å². The number of benzene rings is 4. The van der Waals surface area contributed by atoms with Crippen LogP contribution in [0.2, 0.25) is 0 Å². The Balaban J connectivity index is 1.63. The molecule has 2 aliphatic rings. The van der Waals surface area contributed by atoms with Crippen LogP contribution in [0.15, 0.2) is 97.1 Å². The molecule has 0 unspecified atom stereocenters. The number of rotatable bonds is 2. The van der Waals surface area contributed by atoms with E-state index in [4.69, 9.17) is 0 Å². The van der Waals surface area contributed by atoms with Crippen molar-refractivity contribution in [3.05, 3.63) is 142 Å². The number of hydrogen-bond acceptors (Lipinski definition) is 0. The average molecular weight is 425 g/mol. The van der Waals surface area contributed by atoms with Gasteiger partial charge in [0, 0.05) is 5.41 Å². The molecule has 0 atom stereocenters. The fourth-order valence-corrected chi connectivity index (χ4v) is 5.88. The van der Waals surface area contributed by atoms with Crippen LogP contribution in [0.5, 0.6) is 0 Å². The maximum atomic E-state index is 2.44. The molecule has 0 amide bonds. The first-order valence-electron chi connectivity index (χ1n) is 11.9. The molecule has 33 heavy (non-hydrogen) atoms. The molecule has 2 aliphatic carbocycles. The summed E-state index contributed by atoms with van der Waals surface area (Å²) in [6, 6.07) is 35.7. The van der Waals surface area contributed by atoms with Crippen LogP contribution in [0.3, 0.4) is 0 Å². The molecule has 160 valence electrons. The lowest BCUT2D eigenvalue weighted by atomic mass is 9.73. The van der Waals surface area contributed by atoms with Crippen LogP contribution in [0.25, 0.3) is 23.3 Å². The summed E-state index contributed by atoms with van der Waals surface area (Å²) in [6.07, 6.45) is 6.99. The van der Waals surface area contributed by atoms with Crippen molar-refractivity contribution in [2.75, 3.05) is 0 Å². The van der Waals surface area contributed by atoms with Gasteiger partial charge in [0.2, 0.25) is 0 Å². The van der Waals surface area contributed by atoms with Crippen molar-refractivity contribution in [3.63, 3.8) is 0 Å². The van der Waals surface area contributed by atoms with E-state index in [0.717, 1.165) is 12.8 Å². The Morgan fingerprint density at radius 2 is 0.970 bits per heavy atom. The first-order valence-corrected chi connectivity index (χ1v) is 11.9. The van der Waals surface area contributed by atoms with E-state index in [0.29, 0.717) is 0 Å². The minimum absolute atomic E-state index is 0.0437. The van der Waals surface area contributed by atoms with E-state index in [1.54, 1.807) is 0 Å². The summed E-state index contributed by atoms with van der Waals surface area (Å²) >= 11 is 0. The van der Waals surface area contributed by atoms with Gasteiger partial charge in [0.1, 0.15) is 0 Å². The fraction of sp³-hybridized carbons (Fsp3) is 0.152. The van der Waals surface area contributed by atoms with Crippen molar-refractivity contribution in [2.45, 2.75) is 26.7 Å². The SMILES string of the molecule is Cc1ccc2c(c1)CC1(Cc3cc(C)ccc3/C1=C\c1ccccc1)/C2=C/c1ccccc1. The molecule has 0 aromatic heterocycles. The highest BCUT2D eigenvalue weighted by Gasteiger charge is 2.49. The number of aryl methyl sites for hydroxylation is 2. The molecule has 1 spiro atoms. The van der Waals surface area contributed by atoms with E-state index < -0.39 is 0 Å². The summed E-state index contributed by atoms with van der Waals surface area (Å²) in [4.78, 5) is 0. The van der Waals surface area contributed by atoms with Crippen molar-refractivity contribution < 1.29 is 0 Å². The van der Waals surface area contributed by atoms with Gasteiger partial charge in [-0.25, -0.2) is 0 Å². The molecule has 0 aliphatic heterocycles. The Morgan fingerprint density at radius 1 is 0.545 bits per heavy atom. The first-order chi connectivity index (χ1) is 16.1. The lowest BCUT2D eigenvalue weighted by molar-refractivity contribution is 0.573. The molecule has 0 heterocycles. The summed E-state index contributed by atoms with van der Waals surface area (Å²) in [5, 5.41) is 0. The second kappa shape index (κ2) is 7.74. The molecule has 0 saturated carbocycles. The molecule has 0 radical (unpaired) electrons. The Bertz CT molecular complexity index is 1290. The molecule has 4 aromatic carbocycles. The first kappa shape index (κ1) is 20.0. The Kier molecular flexibility index (Phi) is 4.69. The Hall–Kier alpha value is -3.64. The quantitative estimate of drug-likeness (QED) is 0.304. The van der Waals surface area contributed by atoms with Crippen LogP contribution < -0.4 is 0 Å². The zero-order valence-corrected chi connectivity index (χ0v) is 19.3. The summed E-state index contributed by atoms with van der Waals surface area (Å²) < 4.78 is 0. The van der Waals surface area contributed by atoms with E-state index in [-0.39, 0.29) is 5.41 Å². The molecule has 0 nitrogen and oxygen atoms in total. The fourth-order valence-electron chi connectivity index (χ4n) is 5.88. The normalized spacial score (nSPS) is 21.0. The van der Waals surface area contributed by atoms with E-state index in [2.05, 4.69) is 123 Å². The van der Waals surface area contributed by atoms with Crippen molar-refractivity contribution in [1.29, 1.82) is 0 Å². The van der Waals surface area contributed by atoms with Gasteiger partial charge in [-0.05, 0) is 71.2 Å². The van der Waals surface area contributed by atoms with Gasteiger partial charge < -0.3 is 0 Å². The van der Waals surface area contributed by atoms with Crippen LogP contribution in [-0.2, 0) is 12.8 Å². The molecular formula is C33H28. The second-order valence-corrected chi connectivity index (χ2v) is 9.69. The number of hydrogen-bond donors (Lipinski definition) is 0. The number of allylic oxidation sites excluding steroid dienone is 2. The third kappa shape index (κ3) is 3.38. The molecule has 0 fully saturated rings. The summed E-state index contributed by atoms with van der Waals surface area (Å²) in [5.74, 6) is 0. The average Bonchev–Trinajstić information content (AvgIpc) is 3.28. The van der Waals surface area contributed by atoms with Gasteiger partial charge >= 0.3 is 0 Å². The highest BCUT2D eigenvalue weighted by molar-refractivity contribution is 6.04. The third-order valence-electron chi connectivity index (χ3n) is 7.34. The third-order valence-corrected chi connectivity index (χ3v) is 7.34. The highest BCUT2D eigenvalue weighted by atomic mass is 14.5. The Morgan fingerprint density at radius 3 is 1.39 bits per heavy atom. The second-order valence-electron chi connectivity index (χ2n) is 9.69. The van der Waals surface area contributed by atoms with Gasteiger partial charge in [0.15, 0.2) is 0 Å².